The standard InChI is InChI=1S/C32H35N9O3S2/c1-5-34-24-13-11-22(36-28(42)20-39(2)3)17-25(24)37-32-41(19-21-9-7-6-8-10-21)30(43)29(46-32)31-40(4)26-18-23(12-14-27(26)45-31)44-16-15-35-38-33/h6-14,17-18,34H,5,15-16,19-20H2,1-4H3,(H,36,42)/b31-29-,37-32?. The highest BCUT2D eigenvalue weighted by Gasteiger charge is 2.39. The quantitative estimate of drug-likeness (QED) is 0.0742. The fraction of sp³-hybridized carbons (Fsp3) is 0.281. The summed E-state index contributed by atoms with van der Waals surface area (Å²) in [5.74, 6) is 0.381. The van der Waals surface area contributed by atoms with Gasteiger partial charge in [-0.2, -0.15) is 0 Å². The topological polar surface area (TPSA) is 138 Å². The van der Waals surface area contributed by atoms with E-state index in [0.717, 1.165) is 26.9 Å². The van der Waals surface area contributed by atoms with Crippen molar-refractivity contribution in [3.63, 3.8) is 0 Å². The van der Waals surface area contributed by atoms with Crippen LogP contribution in [0.5, 0.6) is 5.75 Å². The zero-order chi connectivity index (χ0) is 32.6. The molecule has 14 heteroatoms. The molecule has 2 N–H and O–H groups in total. The molecule has 5 rings (SSSR count). The second kappa shape index (κ2) is 15.1. The molecule has 2 amide bonds. The molecule has 2 aliphatic rings. The van der Waals surface area contributed by atoms with Gasteiger partial charge in [-0.05, 0) is 74.2 Å². The van der Waals surface area contributed by atoms with Crippen LogP contribution in [0.15, 0.2) is 91.7 Å². The number of nitrogens with zero attached hydrogens (tertiary/aromatic N) is 7. The van der Waals surface area contributed by atoms with Crippen molar-refractivity contribution < 1.29 is 14.3 Å². The van der Waals surface area contributed by atoms with Crippen LogP contribution in [0, 0.1) is 0 Å². The number of carbonyl (C=O) groups excluding carboxylic acids is 2. The Morgan fingerprint density at radius 1 is 1.09 bits per heavy atom. The number of nitrogens with one attached hydrogen (secondary N) is 2. The fourth-order valence-electron chi connectivity index (χ4n) is 4.82. The van der Waals surface area contributed by atoms with Gasteiger partial charge in [-0.1, -0.05) is 47.2 Å². The monoisotopic (exact) mass is 657 g/mol. The number of amides is 2. The first-order chi connectivity index (χ1) is 22.3. The lowest BCUT2D eigenvalue weighted by molar-refractivity contribution is -0.122. The predicted octanol–water partition coefficient (Wildman–Crippen LogP) is 6.48. The van der Waals surface area contributed by atoms with Gasteiger partial charge in [0.25, 0.3) is 5.91 Å². The van der Waals surface area contributed by atoms with Gasteiger partial charge in [0.2, 0.25) is 5.91 Å². The molecule has 12 nitrogen and oxygen atoms in total. The average molecular weight is 658 g/mol. The smallest absolute Gasteiger partial charge is 0.269 e. The first kappa shape index (κ1) is 32.8. The number of azide groups is 1. The van der Waals surface area contributed by atoms with Gasteiger partial charge in [-0.15, -0.1) is 0 Å². The van der Waals surface area contributed by atoms with Crippen LogP contribution < -0.4 is 20.3 Å². The SMILES string of the molecule is CCNc1ccc(NC(=O)CN(C)C)cc1N=C1S/C(=C2\Sc3ccc(OCCN=[N+]=[N-])cc3N2C)C(=O)N1Cc1ccccc1. The van der Waals surface area contributed by atoms with E-state index >= 15 is 0 Å². The number of likely N-dealkylation sites (N-methyl/N-ethyl adjacent to an activating group) is 1. The van der Waals surface area contributed by atoms with Gasteiger partial charge in [0.1, 0.15) is 10.7 Å². The van der Waals surface area contributed by atoms with Gasteiger partial charge in [0, 0.05) is 35.2 Å². The number of hydrogen-bond acceptors (Lipinski definition) is 10. The molecule has 0 aliphatic carbocycles. The number of aliphatic imine (C=N–C) groups is 1. The first-order valence-corrected chi connectivity index (χ1v) is 16.3. The minimum Gasteiger partial charge on any atom is -0.493 e. The molecule has 0 radical (unpaired) electrons. The van der Waals surface area contributed by atoms with Gasteiger partial charge in [-0.25, -0.2) is 4.99 Å². The summed E-state index contributed by atoms with van der Waals surface area (Å²) in [7, 11) is 5.61. The van der Waals surface area contributed by atoms with Crippen LogP contribution in [0.4, 0.5) is 22.7 Å². The number of hydrogen-bond donors (Lipinski definition) is 2. The van der Waals surface area contributed by atoms with Crippen LogP contribution in [0.2, 0.25) is 0 Å². The lowest BCUT2D eigenvalue weighted by atomic mass is 10.2. The van der Waals surface area contributed by atoms with E-state index in [0.29, 0.717) is 40.3 Å². The van der Waals surface area contributed by atoms with Crippen LogP contribution in [0.25, 0.3) is 10.4 Å². The number of fused-ring (bicyclic) bond motifs is 1. The number of ether oxygens (including phenoxy) is 1. The molecule has 2 heterocycles. The van der Waals surface area contributed by atoms with E-state index in [1.807, 2.05) is 99.7 Å². The van der Waals surface area contributed by atoms with Gasteiger partial charge < -0.3 is 25.2 Å². The maximum Gasteiger partial charge on any atom is 0.269 e. The van der Waals surface area contributed by atoms with E-state index in [9.17, 15) is 9.59 Å². The Bertz CT molecular complexity index is 1720. The number of carbonyl (C=O) groups is 2. The summed E-state index contributed by atoms with van der Waals surface area (Å²) >= 11 is 2.86. The van der Waals surface area contributed by atoms with Gasteiger partial charge in [0.05, 0.1) is 48.3 Å². The molecule has 0 unspecified atom stereocenters. The maximum absolute atomic E-state index is 14.2. The molecule has 3 aromatic carbocycles. The first-order valence-electron chi connectivity index (χ1n) is 14.7. The van der Waals surface area contributed by atoms with E-state index < -0.39 is 0 Å². The minimum absolute atomic E-state index is 0.131. The number of benzene rings is 3. The van der Waals surface area contributed by atoms with Crippen LogP contribution in [0.3, 0.4) is 0 Å². The number of rotatable bonds is 12. The highest BCUT2D eigenvalue weighted by Crippen LogP contribution is 2.51. The second-order valence-electron chi connectivity index (χ2n) is 10.6. The van der Waals surface area contributed by atoms with Gasteiger partial charge in [0.15, 0.2) is 5.17 Å². The van der Waals surface area contributed by atoms with Crippen molar-refractivity contribution >= 4 is 63.3 Å². The van der Waals surface area contributed by atoms with Crippen molar-refractivity contribution in [3.8, 4) is 5.75 Å². The molecular weight excluding hydrogens is 623 g/mol. The fourth-order valence-corrected chi connectivity index (χ4v) is 7.14. The highest BCUT2D eigenvalue weighted by molar-refractivity contribution is 8.19. The molecule has 46 heavy (non-hydrogen) atoms. The lowest BCUT2D eigenvalue weighted by Crippen LogP contribution is -2.29. The molecule has 0 saturated carbocycles. The molecular formula is C32H35N9O3S2. The Morgan fingerprint density at radius 2 is 1.89 bits per heavy atom. The molecule has 0 spiro atoms. The summed E-state index contributed by atoms with van der Waals surface area (Å²) in [5, 5.41) is 11.2. The summed E-state index contributed by atoms with van der Waals surface area (Å²) in [6.07, 6.45) is 0. The van der Waals surface area contributed by atoms with Crippen molar-refractivity contribution in [3.05, 3.63) is 92.7 Å². The predicted molar refractivity (Wildman–Crippen MR) is 187 cm³/mol. The van der Waals surface area contributed by atoms with E-state index in [1.54, 1.807) is 9.80 Å². The van der Waals surface area contributed by atoms with E-state index in [2.05, 4.69) is 20.7 Å². The third kappa shape index (κ3) is 7.77. The van der Waals surface area contributed by atoms with Crippen LogP contribution in [-0.4, -0.2) is 74.2 Å². The largest absolute Gasteiger partial charge is 0.493 e. The summed E-state index contributed by atoms with van der Waals surface area (Å²) in [6.45, 7) is 3.79. The molecule has 1 saturated heterocycles. The van der Waals surface area contributed by atoms with Crippen molar-refractivity contribution in [2.24, 2.45) is 10.1 Å². The van der Waals surface area contributed by atoms with E-state index in [4.69, 9.17) is 15.3 Å². The third-order valence-corrected chi connectivity index (χ3v) is 9.32. The maximum atomic E-state index is 14.2. The van der Waals surface area contributed by atoms with Gasteiger partial charge in [-0.3, -0.25) is 14.5 Å². The lowest BCUT2D eigenvalue weighted by Gasteiger charge is -2.18. The van der Waals surface area contributed by atoms with Crippen molar-refractivity contribution in [2.45, 2.75) is 18.4 Å². The zero-order valence-corrected chi connectivity index (χ0v) is 27.7. The number of anilines is 3. The Hall–Kier alpha value is -4.62. The highest BCUT2D eigenvalue weighted by atomic mass is 32.2. The van der Waals surface area contributed by atoms with Gasteiger partial charge >= 0.3 is 0 Å². The summed E-state index contributed by atoms with van der Waals surface area (Å²) in [4.78, 5) is 41.5. The molecule has 3 aromatic rings. The van der Waals surface area contributed by atoms with E-state index in [-0.39, 0.29) is 31.5 Å². The normalized spacial score (nSPS) is 16.5. The number of amidine groups is 1. The minimum atomic E-state index is -0.138. The Kier molecular flexibility index (Phi) is 10.8. The Morgan fingerprint density at radius 3 is 2.63 bits per heavy atom. The van der Waals surface area contributed by atoms with Crippen LogP contribution >= 0.6 is 23.5 Å². The summed E-state index contributed by atoms with van der Waals surface area (Å²) < 4.78 is 5.76. The molecule has 0 aromatic heterocycles. The summed E-state index contributed by atoms with van der Waals surface area (Å²) in [6, 6.07) is 21.1. The van der Waals surface area contributed by atoms with Crippen molar-refractivity contribution in [2.75, 3.05) is 62.9 Å². The molecule has 0 atom stereocenters. The molecule has 238 valence electrons. The summed E-state index contributed by atoms with van der Waals surface area (Å²) in [5.41, 5.74) is 12.4. The van der Waals surface area contributed by atoms with Crippen molar-refractivity contribution in [1.82, 2.24) is 9.80 Å². The van der Waals surface area contributed by atoms with E-state index in [1.165, 1.54) is 23.5 Å². The third-order valence-electron chi connectivity index (χ3n) is 6.89. The Labute approximate surface area is 276 Å². The van der Waals surface area contributed by atoms with Crippen LogP contribution in [-0.2, 0) is 16.1 Å². The number of thioether (sulfide) groups is 2. The Balaban J connectivity index is 1.50. The zero-order valence-electron chi connectivity index (χ0n) is 26.1. The molecule has 0 bridgehead atoms. The molecule has 1 fully saturated rings. The van der Waals surface area contributed by atoms with Crippen LogP contribution in [0.1, 0.15) is 12.5 Å². The molecule has 2 aliphatic heterocycles. The second-order valence-corrected chi connectivity index (χ2v) is 12.7. The van der Waals surface area contributed by atoms with Crippen molar-refractivity contribution in [1.29, 1.82) is 0 Å². The average Bonchev–Trinajstić information content (AvgIpc) is 3.51.